The minimum absolute atomic E-state index is 0.0371. The lowest BCUT2D eigenvalue weighted by Gasteiger charge is -1.95. The lowest BCUT2D eigenvalue weighted by atomic mass is 10.2. The van der Waals surface area contributed by atoms with Gasteiger partial charge in [-0.2, -0.15) is 0 Å². The molecule has 0 N–H and O–H groups in total. The molecule has 1 aromatic carbocycles. The molecule has 1 heterocycles. The molecule has 0 atom stereocenters. The van der Waals surface area contributed by atoms with Crippen molar-refractivity contribution in [1.82, 2.24) is 0 Å². The van der Waals surface area contributed by atoms with Crippen LogP contribution in [0.4, 0.5) is 0 Å². The molecule has 16 heavy (non-hydrogen) atoms. The van der Waals surface area contributed by atoms with Crippen LogP contribution in [0.25, 0.3) is 11.0 Å². The Morgan fingerprint density at radius 1 is 1.38 bits per heavy atom. The molecule has 86 valence electrons. The van der Waals surface area contributed by atoms with E-state index in [-0.39, 0.29) is 11.5 Å². The summed E-state index contributed by atoms with van der Waals surface area (Å²) < 4.78 is 29.3. The van der Waals surface area contributed by atoms with E-state index in [1.807, 2.05) is 18.2 Å². The van der Waals surface area contributed by atoms with Crippen molar-refractivity contribution < 1.29 is 12.8 Å². The van der Waals surface area contributed by atoms with E-state index in [0.717, 1.165) is 9.86 Å². The molecule has 1 aromatic heterocycles. The van der Waals surface area contributed by atoms with Gasteiger partial charge in [0.2, 0.25) is 0 Å². The van der Waals surface area contributed by atoms with Crippen LogP contribution in [0, 0.1) is 0 Å². The number of halogens is 1. The molecular formula is C11H11BrO3S. The fraction of sp³-hybridized carbons (Fsp3) is 0.273. The summed E-state index contributed by atoms with van der Waals surface area (Å²) in [6, 6.07) is 7.35. The summed E-state index contributed by atoms with van der Waals surface area (Å²) in [7, 11) is -3.04. The number of hydrogen-bond donors (Lipinski definition) is 0. The Balaban J connectivity index is 2.45. The van der Waals surface area contributed by atoms with Crippen LogP contribution in [0.5, 0.6) is 0 Å². The lowest BCUT2D eigenvalue weighted by Crippen LogP contribution is -2.05. The molecule has 0 aliphatic heterocycles. The summed E-state index contributed by atoms with van der Waals surface area (Å²) in [5.74, 6) is 0.583. The van der Waals surface area contributed by atoms with Gasteiger partial charge in [-0.15, -0.1) is 0 Å². The van der Waals surface area contributed by atoms with Gasteiger partial charge in [0.25, 0.3) is 0 Å². The zero-order chi connectivity index (χ0) is 11.8. The molecule has 5 heteroatoms. The van der Waals surface area contributed by atoms with E-state index in [1.165, 1.54) is 0 Å². The normalized spacial score (nSPS) is 12.1. The first-order chi connectivity index (χ1) is 7.52. The molecule has 2 aromatic rings. The highest BCUT2D eigenvalue weighted by molar-refractivity contribution is 9.10. The van der Waals surface area contributed by atoms with Crippen LogP contribution >= 0.6 is 15.9 Å². The average Bonchev–Trinajstić information content (AvgIpc) is 2.61. The monoisotopic (exact) mass is 302 g/mol. The van der Waals surface area contributed by atoms with Gasteiger partial charge in [-0.1, -0.05) is 28.9 Å². The van der Waals surface area contributed by atoms with Crippen molar-refractivity contribution in [2.24, 2.45) is 0 Å². The fourth-order valence-corrected chi connectivity index (χ4v) is 2.71. The SMILES string of the molecule is CCS(=O)(=O)Cc1cc2c(Br)cccc2o1. The third-order valence-electron chi connectivity index (χ3n) is 2.36. The van der Waals surface area contributed by atoms with Crippen molar-refractivity contribution in [1.29, 1.82) is 0 Å². The van der Waals surface area contributed by atoms with Crippen molar-refractivity contribution in [3.8, 4) is 0 Å². The van der Waals surface area contributed by atoms with Crippen LogP contribution in [-0.4, -0.2) is 14.2 Å². The number of benzene rings is 1. The largest absolute Gasteiger partial charge is 0.460 e. The Morgan fingerprint density at radius 3 is 2.75 bits per heavy atom. The topological polar surface area (TPSA) is 47.3 Å². The van der Waals surface area contributed by atoms with Gasteiger partial charge >= 0.3 is 0 Å². The molecule has 2 rings (SSSR count). The van der Waals surface area contributed by atoms with E-state index in [1.54, 1.807) is 13.0 Å². The molecule has 0 amide bonds. The van der Waals surface area contributed by atoms with Gasteiger partial charge in [0.15, 0.2) is 9.84 Å². The molecular weight excluding hydrogens is 292 g/mol. The molecule has 0 saturated carbocycles. The van der Waals surface area contributed by atoms with Gasteiger partial charge in [-0.3, -0.25) is 0 Å². The maximum Gasteiger partial charge on any atom is 0.157 e. The minimum Gasteiger partial charge on any atom is -0.460 e. The summed E-state index contributed by atoms with van der Waals surface area (Å²) in [5.41, 5.74) is 0.704. The van der Waals surface area contributed by atoms with Crippen molar-refractivity contribution >= 4 is 36.7 Å². The lowest BCUT2D eigenvalue weighted by molar-refractivity contribution is 0.555. The molecule has 0 bridgehead atoms. The Morgan fingerprint density at radius 2 is 2.12 bits per heavy atom. The Hall–Kier alpha value is -0.810. The first kappa shape index (κ1) is 11.7. The highest BCUT2D eigenvalue weighted by Crippen LogP contribution is 2.27. The summed E-state index contributed by atoms with van der Waals surface area (Å²) >= 11 is 3.40. The number of rotatable bonds is 3. The molecule has 0 aliphatic rings. The summed E-state index contributed by atoms with van der Waals surface area (Å²) in [5, 5.41) is 0.906. The number of fused-ring (bicyclic) bond motifs is 1. The maximum atomic E-state index is 11.5. The predicted molar refractivity (Wildman–Crippen MR) is 67.1 cm³/mol. The van der Waals surface area contributed by atoms with E-state index >= 15 is 0 Å². The zero-order valence-corrected chi connectivity index (χ0v) is 11.1. The van der Waals surface area contributed by atoms with Crippen LogP contribution in [-0.2, 0) is 15.6 Å². The smallest absolute Gasteiger partial charge is 0.157 e. The van der Waals surface area contributed by atoms with Crippen LogP contribution in [0.1, 0.15) is 12.7 Å². The third-order valence-corrected chi connectivity index (χ3v) is 4.66. The zero-order valence-electron chi connectivity index (χ0n) is 8.73. The van der Waals surface area contributed by atoms with Gasteiger partial charge in [0.05, 0.1) is 0 Å². The summed E-state index contributed by atoms with van der Waals surface area (Å²) in [4.78, 5) is 0. The van der Waals surface area contributed by atoms with Crippen LogP contribution in [0.2, 0.25) is 0 Å². The number of furan rings is 1. The highest BCUT2D eigenvalue weighted by Gasteiger charge is 2.13. The van der Waals surface area contributed by atoms with E-state index < -0.39 is 9.84 Å². The van der Waals surface area contributed by atoms with E-state index in [2.05, 4.69) is 15.9 Å². The number of sulfone groups is 1. The average molecular weight is 303 g/mol. The first-order valence-electron chi connectivity index (χ1n) is 4.89. The molecule has 0 radical (unpaired) electrons. The Bertz CT molecular complexity index is 613. The fourth-order valence-electron chi connectivity index (χ4n) is 1.47. The summed E-state index contributed by atoms with van der Waals surface area (Å²) in [6.45, 7) is 1.63. The minimum atomic E-state index is -3.04. The maximum absolute atomic E-state index is 11.5. The highest BCUT2D eigenvalue weighted by atomic mass is 79.9. The first-order valence-corrected chi connectivity index (χ1v) is 7.50. The van der Waals surface area contributed by atoms with Crippen LogP contribution < -0.4 is 0 Å². The molecule has 0 spiro atoms. The molecule has 0 unspecified atom stereocenters. The van der Waals surface area contributed by atoms with Gasteiger partial charge < -0.3 is 4.42 Å². The standard InChI is InChI=1S/C11H11BrO3S/c1-2-16(13,14)7-8-6-9-10(12)4-3-5-11(9)15-8/h3-6H,2,7H2,1H3. The second-order valence-electron chi connectivity index (χ2n) is 3.54. The Labute approximate surface area is 102 Å². The molecule has 0 saturated heterocycles. The van der Waals surface area contributed by atoms with E-state index in [0.29, 0.717) is 11.3 Å². The molecule has 0 aliphatic carbocycles. The van der Waals surface area contributed by atoms with Gasteiger partial charge in [-0.25, -0.2) is 8.42 Å². The van der Waals surface area contributed by atoms with Crippen molar-refractivity contribution in [2.45, 2.75) is 12.7 Å². The predicted octanol–water partition coefficient (Wildman–Crippen LogP) is 3.13. The Kier molecular flexibility index (Phi) is 3.08. The third kappa shape index (κ3) is 2.30. The van der Waals surface area contributed by atoms with Crippen LogP contribution in [0.3, 0.4) is 0 Å². The van der Waals surface area contributed by atoms with E-state index in [4.69, 9.17) is 4.42 Å². The second kappa shape index (κ2) is 4.22. The molecule has 0 fully saturated rings. The van der Waals surface area contributed by atoms with Gasteiger partial charge in [-0.05, 0) is 18.2 Å². The quantitative estimate of drug-likeness (QED) is 0.875. The summed E-state index contributed by atoms with van der Waals surface area (Å²) in [6.07, 6.45) is 0. The van der Waals surface area contributed by atoms with Crippen molar-refractivity contribution in [2.75, 3.05) is 5.75 Å². The second-order valence-corrected chi connectivity index (χ2v) is 6.75. The van der Waals surface area contributed by atoms with Crippen LogP contribution in [0.15, 0.2) is 33.2 Å². The van der Waals surface area contributed by atoms with E-state index in [9.17, 15) is 8.42 Å². The van der Waals surface area contributed by atoms with Gasteiger partial charge in [0.1, 0.15) is 17.1 Å². The molecule has 3 nitrogen and oxygen atoms in total. The number of hydrogen-bond acceptors (Lipinski definition) is 3. The van der Waals surface area contributed by atoms with Crippen molar-refractivity contribution in [3.05, 3.63) is 34.5 Å². The van der Waals surface area contributed by atoms with Crippen molar-refractivity contribution in [3.63, 3.8) is 0 Å². The van der Waals surface area contributed by atoms with Gasteiger partial charge in [0, 0.05) is 15.6 Å².